The molecule has 0 saturated carbocycles. The highest BCUT2D eigenvalue weighted by Gasteiger charge is 2.25. The highest BCUT2D eigenvalue weighted by atomic mass is 16.6. The molecule has 0 aromatic heterocycles. The third kappa shape index (κ3) is 2.99. The van der Waals surface area contributed by atoms with E-state index in [1.165, 1.54) is 18.2 Å². The Balaban J connectivity index is 1.84. The van der Waals surface area contributed by atoms with Gasteiger partial charge in [-0.25, -0.2) is 0 Å². The zero-order chi connectivity index (χ0) is 17.1. The molecule has 0 radical (unpaired) electrons. The highest BCUT2D eigenvalue weighted by Crippen LogP contribution is 2.32. The molecule has 24 heavy (non-hydrogen) atoms. The first-order valence-electron chi connectivity index (χ1n) is 7.50. The number of rotatable bonds is 4. The van der Waals surface area contributed by atoms with Gasteiger partial charge < -0.3 is 9.64 Å². The van der Waals surface area contributed by atoms with E-state index < -0.39 is 4.92 Å². The van der Waals surface area contributed by atoms with Crippen LogP contribution in [-0.2, 0) is 11.2 Å². The zero-order valence-corrected chi connectivity index (χ0v) is 13.1. The van der Waals surface area contributed by atoms with Crippen LogP contribution in [0.15, 0.2) is 48.5 Å². The van der Waals surface area contributed by atoms with E-state index in [2.05, 4.69) is 0 Å². The van der Waals surface area contributed by atoms with Crippen LogP contribution in [0, 0.1) is 10.1 Å². The van der Waals surface area contributed by atoms with E-state index >= 15 is 0 Å². The fourth-order valence-electron chi connectivity index (χ4n) is 2.77. The lowest BCUT2D eigenvalue weighted by Crippen LogP contribution is -2.26. The number of methoxy groups -OCH3 is 1. The van der Waals surface area contributed by atoms with Crippen molar-refractivity contribution in [1.29, 1.82) is 0 Å². The van der Waals surface area contributed by atoms with Gasteiger partial charge in [0.1, 0.15) is 5.75 Å². The van der Waals surface area contributed by atoms with E-state index in [-0.39, 0.29) is 11.6 Å². The Labute approximate surface area is 139 Å². The molecule has 0 N–H and O–H groups in total. The molecular weight excluding hydrogens is 308 g/mol. The molecule has 2 aromatic carbocycles. The summed E-state index contributed by atoms with van der Waals surface area (Å²) in [5, 5.41) is 10.9. The second-order valence-corrected chi connectivity index (χ2v) is 5.39. The monoisotopic (exact) mass is 324 g/mol. The summed E-state index contributed by atoms with van der Waals surface area (Å²) in [6.07, 6.45) is 3.85. The quantitative estimate of drug-likeness (QED) is 0.492. The van der Waals surface area contributed by atoms with Crippen LogP contribution in [0.1, 0.15) is 11.1 Å². The van der Waals surface area contributed by atoms with E-state index in [9.17, 15) is 14.9 Å². The van der Waals surface area contributed by atoms with Crippen molar-refractivity contribution in [3.63, 3.8) is 0 Å². The van der Waals surface area contributed by atoms with Gasteiger partial charge in [-0.15, -0.1) is 0 Å². The Morgan fingerprint density at radius 1 is 1.29 bits per heavy atom. The minimum absolute atomic E-state index is 0.0119. The fourth-order valence-corrected chi connectivity index (χ4v) is 2.77. The smallest absolute Gasteiger partial charge is 0.271 e. The van der Waals surface area contributed by atoms with Crippen LogP contribution in [-0.4, -0.2) is 24.5 Å². The molecular formula is C18H16N2O4. The SMILES string of the molecule is COc1ccccc1/C=C/C(=O)N1CCc2ccc([N+](=O)[O-])cc21. The summed E-state index contributed by atoms with van der Waals surface area (Å²) in [6.45, 7) is 0.519. The normalized spacial score (nSPS) is 13.1. The van der Waals surface area contributed by atoms with Gasteiger partial charge in [0.25, 0.3) is 11.6 Å². The minimum Gasteiger partial charge on any atom is -0.496 e. The van der Waals surface area contributed by atoms with E-state index in [1.54, 1.807) is 24.2 Å². The largest absolute Gasteiger partial charge is 0.496 e. The fraction of sp³-hybridized carbons (Fsp3) is 0.167. The van der Waals surface area contributed by atoms with Crippen molar-refractivity contribution in [3.8, 4) is 5.75 Å². The molecule has 0 bridgehead atoms. The Bertz CT molecular complexity index is 830. The predicted molar refractivity (Wildman–Crippen MR) is 91.2 cm³/mol. The van der Waals surface area contributed by atoms with Crippen LogP contribution in [0.25, 0.3) is 6.08 Å². The summed E-state index contributed by atoms with van der Waals surface area (Å²) in [5.41, 5.74) is 2.34. The Hall–Kier alpha value is -3.15. The molecule has 0 unspecified atom stereocenters. The molecule has 0 spiro atoms. The number of nitro benzene ring substituents is 1. The molecule has 1 amide bonds. The molecule has 1 aliphatic heterocycles. The zero-order valence-electron chi connectivity index (χ0n) is 13.1. The molecule has 6 heteroatoms. The third-order valence-electron chi connectivity index (χ3n) is 3.99. The van der Waals surface area contributed by atoms with Crippen LogP contribution in [0.5, 0.6) is 5.75 Å². The van der Waals surface area contributed by atoms with Crippen molar-refractivity contribution >= 4 is 23.4 Å². The lowest BCUT2D eigenvalue weighted by molar-refractivity contribution is -0.384. The van der Waals surface area contributed by atoms with Crippen LogP contribution in [0.3, 0.4) is 0 Å². The molecule has 0 fully saturated rings. The van der Waals surface area contributed by atoms with Crippen molar-refractivity contribution in [2.24, 2.45) is 0 Å². The lowest BCUT2D eigenvalue weighted by Gasteiger charge is -2.15. The van der Waals surface area contributed by atoms with Gasteiger partial charge in [0.2, 0.25) is 0 Å². The first-order valence-corrected chi connectivity index (χ1v) is 7.50. The Kier molecular flexibility index (Phi) is 4.29. The molecule has 2 aromatic rings. The van der Waals surface area contributed by atoms with Gasteiger partial charge in [-0.05, 0) is 24.1 Å². The van der Waals surface area contributed by atoms with E-state index in [4.69, 9.17) is 4.74 Å². The Morgan fingerprint density at radius 2 is 2.08 bits per heavy atom. The van der Waals surface area contributed by atoms with Gasteiger partial charge in [-0.3, -0.25) is 14.9 Å². The maximum absolute atomic E-state index is 12.5. The molecule has 6 nitrogen and oxygen atoms in total. The van der Waals surface area contributed by atoms with Crippen LogP contribution in [0.4, 0.5) is 11.4 Å². The highest BCUT2D eigenvalue weighted by molar-refractivity contribution is 6.05. The number of carbonyl (C=O) groups excluding carboxylic acids is 1. The number of hydrogen-bond donors (Lipinski definition) is 0. The van der Waals surface area contributed by atoms with Crippen molar-refractivity contribution in [2.75, 3.05) is 18.6 Å². The maximum Gasteiger partial charge on any atom is 0.271 e. The van der Waals surface area contributed by atoms with Crippen molar-refractivity contribution < 1.29 is 14.5 Å². The third-order valence-corrected chi connectivity index (χ3v) is 3.99. The molecule has 122 valence electrons. The number of anilines is 1. The number of hydrogen-bond acceptors (Lipinski definition) is 4. The first kappa shape index (κ1) is 15.7. The number of nitro groups is 1. The molecule has 1 aliphatic rings. The predicted octanol–water partition coefficient (Wildman–Crippen LogP) is 3.21. The molecule has 0 aliphatic carbocycles. The van der Waals surface area contributed by atoms with Crippen molar-refractivity contribution in [1.82, 2.24) is 0 Å². The van der Waals surface area contributed by atoms with Gasteiger partial charge >= 0.3 is 0 Å². The number of carbonyl (C=O) groups is 1. The van der Waals surface area contributed by atoms with Gasteiger partial charge in [0, 0.05) is 30.3 Å². The van der Waals surface area contributed by atoms with Gasteiger partial charge in [0.15, 0.2) is 0 Å². The maximum atomic E-state index is 12.5. The summed E-state index contributed by atoms with van der Waals surface area (Å²) in [5.74, 6) is 0.471. The summed E-state index contributed by atoms with van der Waals surface area (Å²) in [7, 11) is 1.57. The number of para-hydroxylation sites is 1. The van der Waals surface area contributed by atoms with Gasteiger partial charge in [-0.2, -0.15) is 0 Å². The number of non-ortho nitro benzene ring substituents is 1. The second-order valence-electron chi connectivity index (χ2n) is 5.39. The average molecular weight is 324 g/mol. The van der Waals surface area contributed by atoms with E-state index in [0.29, 0.717) is 24.4 Å². The average Bonchev–Trinajstić information content (AvgIpc) is 3.03. The number of ether oxygens (including phenoxy) is 1. The van der Waals surface area contributed by atoms with Crippen LogP contribution < -0.4 is 9.64 Å². The summed E-state index contributed by atoms with van der Waals surface area (Å²) >= 11 is 0. The second kappa shape index (κ2) is 6.54. The van der Waals surface area contributed by atoms with E-state index in [0.717, 1.165) is 11.1 Å². The van der Waals surface area contributed by atoms with E-state index in [1.807, 2.05) is 24.3 Å². The number of amides is 1. The number of nitrogens with zero attached hydrogens (tertiary/aromatic N) is 2. The molecule has 0 saturated heterocycles. The number of benzene rings is 2. The van der Waals surface area contributed by atoms with Crippen molar-refractivity contribution in [2.45, 2.75) is 6.42 Å². The standard InChI is InChI=1S/C18H16N2O4/c1-24-17-5-3-2-4-14(17)7-9-18(21)19-11-10-13-6-8-15(20(22)23)12-16(13)19/h2-9,12H,10-11H2,1H3/b9-7+. The summed E-state index contributed by atoms with van der Waals surface area (Å²) in [6, 6.07) is 12.0. The summed E-state index contributed by atoms with van der Waals surface area (Å²) < 4.78 is 5.25. The molecule has 0 atom stereocenters. The number of fused-ring (bicyclic) bond motifs is 1. The summed E-state index contributed by atoms with van der Waals surface area (Å²) in [4.78, 5) is 24.5. The van der Waals surface area contributed by atoms with Crippen LogP contribution >= 0.6 is 0 Å². The van der Waals surface area contributed by atoms with Crippen molar-refractivity contribution in [3.05, 3.63) is 69.8 Å². The van der Waals surface area contributed by atoms with Gasteiger partial charge in [-0.1, -0.05) is 24.3 Å². The van der Waals surface area contributed by atoms with Crippen LogP contribution in [0.2, 0.25) is 0 Å². The topological polar surface area (TPSA) is 72.7 Å². The van der Waals surface area contributed by atoms with Gasteiger partial charge in [0.05, 0.1) is 17.7 Å². The molecule has 1 heterocycles. The Morgan fingerprint density at radius 3 is 2.83 bits per heavy atom. The minimum atomic E-state index is -0.452. The lowest BCUT2D eigenvalue weighted by atomic mass is 10.1. The molecule has 3 rings (SSSR count). The first-order chi connectivity index (χ1) is 11.6.